The lowest BCUT2D eigenvalue weighted by molar-refractivity contribution is 0.219. The Kier molecular flexibility index (Phi) is 9.29. The average molecular weight is 421 g/mol. The minimum absolute atomic E-state index is 0.0929. The van der Waals surface area contributed by atoms with Gasteiger partial charge in [0.05, 0.1) is 24.3 Å². The molecule has 0 heterocycles. The van der Waals surface area contributed by atoms with Gasteiger partial charge in [0.25, 0.3) is 0 Å². The lowest BCUT2D eigenvalue weighted by Crippen LogP contribution is -2.33. The maximum atomic E-state index is 13.0. The van der Waals surface area contributed by atoms with Crippen molar-refractivity contribution in [3.05, 3.63) is 71.8 Å². The Morgan fingerprint density at radius 3 is 2.21 bits per heavy atom. The van der Waals surface area contributed by atoms with Gasteiger partial charge < -0.3 is 9.05 Å². The lowest BCUT2D eigenvalue weighted by Gasteiger charge is -2.22. The minimum atomic E-state index is -3.30. The van der Waals surface area contributed by atoms with Crippen LogP contribution in [-0.4, -0.2) is 29.6 Å². The third kappa shape index (κ3) is 7.46. The van der Waals surface area contributed by atoms with E-state index in [1.807, 2.05) is 73.7 Å². The molecule has 5 nitrogen and oxygen atoms in total. The van der Waals surface area contributed by atoms with Crippen LogP contribution in [0.4, 0.5) is 0 Å². The summed E-state index contributed by atoms with van der Waals surface area (Å²) < 4.78 is 39.6. The van der Waals surface area contributed by atoms with Crippen molar-refractivity contribution in [2.45, 2.75) is 31.7 Å². The van der Waals surface area contributed by atoms with Gasteiger partial charge in [-0.05, 0) is 38.5 Å². The maximum Gasteiger partial charge on any atom is 0.332 e. The van der Waals surface area contributed by atoms with E-state index in [0.717, 1.165) is 11.1 Å². The molecule has 28 heavy (non-hydrogen) atoms. The van der Waals surface area contributed by atoms with E-state index in [9.17, 15) is 8.77 Å². The van der Waals surface area contributed by atoms with Gasteiger partial charge in [0.2, 0.25) is 0 Å². The second-order valence-corrected chi connectivity index (χ2v) is 9.55. The molecule has 0 radical (unpaired) electrons. The molecule has 2 atom stereocenters. The van der Waals surface area contributed by atoms with Crippen molar-refractivity contribution in [3.63, 3.8) is 0 Å². The minimum Gasteiger partial charge on any atom is -0.309 e. The smallest absolute Gasteiger partial charge is 0.309 e. The molecule has 7 heteroatoms. The Morgan fingerprint density at radius 1 is 1.04 bits per heavy atom. The normalized spacial score (nSPS) is 14.2. The van der Waals surface area contributed by atoms with Crippen molar-refractivity contribution in [2.24, 2.45) is 0 Å². The van der Waals surface area contributed by atoms with Crippen molar-refractivity contribution in [1.29, 1.82) is 0 Å². The Morgan fingerprint density at radius 2 is 1.64 bits per heavy atom. The highest BCUT2D eigenvalue weighted by Crippen LogP contribution is 2.48. The van der Waals surface area contributed by atoms with E-state index in [4.69, 9.17) is 9.05 Å². The second kappa shape index (κ2) is 11.4. The zero-order valence-corrected chi connectivity index (χ0v) is 18.2. The van der Waals surface area contributed by atoms with Gasteiger partial charge in [-0.25, -0.2) is 8.93 Å². The number of rotatable bonds is 11. The summed E-state index contributed by atoms with van der Waals surface area (Å²) >= 11 is 0. The third-order valence-electron chi connectivity index (χ3n) is 3.89. The average Bonchev–Trinajstić information content (AvgIpc) is 2.67. The van der Waals surface area contributed by atoms with Crippen LogP contribution in [0.25, 0.3) is 6.08 Å². The first-order valence-corrected chi connectivity index (χ1v) is 12.2. The predicted molar refractivity (Wildman–Crippen MR) is 116 cm³/mol. The summed E-state index contributed by atoms with van der Waals surface area (Å²) in [6, 6.07) is 16.8. The fourth-order valence-corrected chi connectivity index (χ4v) is 5.42. The molecule has 0 unspecified atom stereocenters. The predicted octanol–water partition coefficient (Wildman–Crippen LogP) is 4.96. The molecule has 0 aliphatic carbocycles. The van der Waals surface area contributed by atoms with Gasteiger partial charge in [0, 0.05) is 6.04 Å². The number of aryl methyl sites for hydroxylation is 1. The number of hydrogen-bond donors (Lipinski definition) is 1. The molecule has 2 rings (SSSR count). The summed E-state index contributed by atoms with van der Waals surface area (Å²) in [6.07, 6.45) is 3.86. The van der Waals surface area contributed by atoms with Crippen molar-refractivity contribution in [2.75, 3.05) is 19.4 Å². The van der Waals surface area contributed by atoms with Crippen LogP contribution in [-0.2, 0) is 24.6 Å². The molecular formula is C21H28NO4PS. The van der Waals surface area contributed by atoms with Crippen molar-refractivity contribution in [3.8, 4) is 0 Å². The first-order valence-electron chi connectivity index (χ1n) is 9.31. The largest absolute Gasteiger partial charge is 0.332 e. The van der Waals surface area contributed by atoms with E-state index in [1.165, 1.54) is 0 Å². The molecule has 1 N–H and O–H groups in total. The Balaban J connectivity index is 2.21. The summed E-state index contributed by atoms with van der Waals surface area (Å²) in [5, 5.41) is 0. The zero-order valence-electron chi connectivity index (χ0n) is 16.5. The lowest BCUT2D eigenvalue weighted by atomic mass is 10.2. The highest BCUT2D eigenvalue weighted by molar-refractivity contribution is 7.83. The molecule has 2 aromatic rings. The van der Waals surface area contributed by atoms with Crippen LogP contribution < -0.4 is 4.72 Å². The molecule has 0 saturated carbocycles. The molecule has 0 bridgehead atoms. The van der Waals surface area contributed by atoms with Crippen LogP contribution in [0.3, 0.4) is 0 Å². The fraction of sp³-hybridized carbons (Fsp3) is 0.333. The van der Waals surface area contributed by atoms with E-state index in [1.54, 1.807) is 13.8 Å². The molecule has 0 spiro atoms. The fourth-order valence-electron chi connectivity index (χ4n) is 2.57. The van der Waals surface area contributed by atoms with Crippen LogP contribution >= 0.6 is 7.60 Å². The van der Waals surface area contributed by atoms with Gasteiger partial charge in [-0.15, -0.1) is 0 Å². The number of nitrogens with one attached hydrogen (secondary N) is 1. The van der Waals surface area contributed by atoms with Crippen LogP contribution in [0.15, 0.2) is 65.6 Å². The Bertz CT molecular complexity index is 814. The van der Waals surface area contributed by atoms with Crippen LogP contribution in [0.1, 0.15) is 25.0 Å². The highest BCUT2D eigenvalue weighted by atomic mass is 32.2. The van der Waals surface area contributed by atoms with E-state index in [2.05, 4.69) is 4.72 Å². The van der Waals surface area contributed by atoms with Gasteiger partial charge in [-0.2, -0.15) is 0 Å². The molecule has 0 amide bonds. The van der Waals surface area contributed by atoms with Crippen molar-refractivity contribution < 1.29 is 17.8 Å². The van der Waals surface area contributed by atoms with E-state index in [-0.39, 0.29) is 19.4 Å². The summed E-state index contributed by atoms with van der Waals surface area (Å²) in [4.78, 5) is 0.659. The first kappa shape index (κ1) is 22.7. The number of benzene rings is 2. The molecule has 0 aliphatic heterocycles. The van der Waals surface area contributed by atoms with Gasteiger partial charge in [0.1, 0.15) is 11.0 Å². The van der Waals surface area contributed by atoms with Gasteiger partial charge in [-0.3, -0.25) is 4.57 Å². The van der Waals surface area contributed by atoms with Crippen LogP contribution in [0.2, 0.25) is 0 Å². The zero-order chi connectivity index (χ0) is 20.4. The van der Waals surface area contributed by atoms with Crippen LogP contribution in [0, 0.1) is 6.92 Å². The summed E-state index contributed by atoms with van der Waals surface area (Å²) in [5.41, 5.74) is 2.09. The molecule has 0 saturated heterocycles. The number of hydrogen-bond acceptors (Lipinski definition) is 4. The van der Waals surface area contributed by atoms with Gasteiger partial charge >= 0.3 is 7.60 Å². The molecular weight excluding hydrogens is 393 g/mol. The van der Waals surface area contributed by atoms with Crippen LogP contribution in [0.5, 0.6) is 0 Å². The highest BCUT2D eigenvalue weighted by Gasteiger charge is 2.28. The standard InChI is InChI=1S/C21H28NO4PS/c1-4-25-27(23,26-5-2)17-20(14-13-19-9-7-6-8-10-19)22-28(24)21-15-11-18(3)12-16-21/h6-16,20,22H,4-5,17H2,1-3H3/b14-13+/t20-,28+/m1/s1. The summed E-state index contributed by atoms with van der Waals surface area (Å²) in [6.45, 7) is 6.10. The van der Waals surface area contributed by atoms with Crippen molar-refractivity contribution >= 4 is 24.7 Å². The molecule has 0 aliphatic rings. The third-order valence-corrected chi connectivity index (χ3v) is 7.25. The summed E-state index contributed by atoms with van der Waals surface area (Å²) in [7, 11) is -4.76. The molecule has 2 aromatic carbocycles. The maximum absolute atomic E-state index is 13.0. The van der Waals surface area contributed by atoms with Crippen molar-refractivity contribution in [1.82, 2.24) is 4.72 Å². The quantitative estimate of drug-likeness (QED) is 0.521. The SMILES string of the molecule is CCOP(=O)(C[C@@H](/C=C/c1ccccc1)N[S@@](=O)c1ccc(C)cc1)OCC. The molecule has 0 aromatic heterocycles. The Hall–Kier alpha value is -1.56. The Labute approximate surface area is 170 Å². The van der Waals surface area contributed by atoms with Gasteiger partial charge in [0.15, 0.2) is 0 Å². The second-order valence-electron chi connectivity index (χ2n) is 6.20. The molecule has 0 fully saturated rings. The van der Waals surface area contributed by atoms with E-state index in [0.29, 0.717) is 4.90 Å². The van der Waals surface area contributed by atoms with Gasteiger partial charge in [-0.1, -0.05) is 60.2 Å². The molecule has 152 valence electrons. The van der Waals surface area contributed by atoms with E-state index >= 15 is 0 Å². The first-order chi connectivity index (χ1) is 13.5. The topological polar surface area (TPSA) is 64.6 Å². The summed E-state index contributed by atoms with van der Waals surface area (Å²) in [5.74, 6) is 0. The monoisotopic (exact) mass is 421 g/mol. The van der Waals surface area contributed by atoms with E-state index < -0.39 is 24.6 Å².